The van der Waals surface area contributed by atoms with Crippen LogP contribution in [0, 0.1) is 5.92 Å². The molecule has 0 amide bonds. The van der Waals surface area contributed by atoms with Gasteiger partial charge in [-0.25, -0.2) is 0 Å². The zero-order chi connectivity index (χ0) is 9.26. The van der Waals surface area contributed by atoms with Crippen LogP contribution in [0.1, 0.15) is 18.9 Å². The summed E-state index contributed by atoms with van der Waals surface area (Å²) in [6.45, 7) is 2.17. The van der Waals surface area contributed by atoms with Gasteiger partial charge < -0.3 is 5.73 Å². The topological polar surface area (TPSA) is 26.0 Å². The van der Waals surface area contributed by atoms with E-state index in [0.29, 0.717) is 12.0 Å². The predicted molar refractivity (Wildman–Crippen MR) is 63.4 cm³/mol. The third-order valence-electron chi connectivity index (χ3n) is 2.62. The Kier molecular flexibility index (Phi) is 3.73. The molecule has 0 aliphatic heterocycles. The van der Waals surface area contributed by atoms with Crippen LogP contribution in [-0.4, -0.2) is 6.04 Å². The van der Waals surface area contributed by atoms with Crippen molar-refractivity contribution in [2.24, 2.45) is 11.7 Å². The van der Waals surface area contributed by atoms with Crippen molar-refractivity contribution in [3.63, 3.8) is 0 Å². The summed E-state index contributed by atoms with van der Waals surface area (Å²) in [6, 6.07) is 10.8. The van der Waals surface area contributed by atoms with E-state index in [9.17, 15) is 0 Å². The molecular formula is C12H16ClN. The van der Waals surface area contributed by atoms with Gasteiger partial charge in [0.15, 0.2) is 0 Å². The molecule has 0 aromatic heterocycles. The third kappa shape index (κ3) is 2.60. The molecule has 0 radical (unpaired) electrons. The van der Waals surface area contributed by atoms with E-state index in [1.807, 2.05) is 6.07 Å². The molecule has 0 heterocycles. The van der Waals surface area contributed by atoms with Gasteiger partial charge in [0.1, 0.15) is 0 Å². The highest BCUT2D eigenvalue weighted by Gasteiger charge is 2.34. The Bertz CT molecular complexity index is 318. The third-order valence-corrected chi connectivity index (χ3v) is 2.62. The Labute approximate surface area is 91.4 Å². The van der Waals surface area contributed by atoms with E-state index in [4.69, 9.17) is 5.73 Å². The fourth-order valence-corrected chi connectivity index (χ4v) is 1.66. The van der Waals surface area contributed by atoms with Crippen LogP contribution in [0.2, 0.25) is 0 Å². The van der Waals surface area contributed by atoms with E-state index in [1.165, 1.54) is 11.1 Å². The quantitative estimate of drug-likeness (QED) is 0.797. The number of halogens is 1. The van der Waals surface area contributed by atoms with E-state index in [2.05, 4.69) is 37.3 Å². The van der Waals surface area contributed by atoms with Crippen molar-refractivity contribution in [3.8, 4) is 0 Å². The molecule has 14 heavy (non-hydrogen) atoms. The molecule has 2 heteroatoms. The normalized spacial score (nSPS) is 25.4. The van der Waals surface area contributed by atoms with Gasteiger partial charge in [0.2, 0.25) is 0 Å². The second-order valence-corrected chi connectivity index (χ2v) is 3.81. The summed E-state index contributed by atoms with van der Waals surface area (Å²) in [7, 11) is 0. The van der Waals surface area contributed by atoms with Crippen molar-refractivity contribution in [1.82, 2.24) is 0 Å². The first kappa shape index (κ1) is 11.3. The highest BCUT2D eigenvalue weighted by Crippen LogP contribution is 2.35. The summed E-state index contributed by atoms with van der Waals surface area (Å²) in [5.41, 5.74) is 8.47. The molecule has 1 nitrogen and oxygen atoms in total. The fraction of sp³-hybridized carbons (Fsp3) is 0.333. The zero-order valence-corrected chi connectivity index (χ0v) is 9.13. The number of benzene rings is 1. The summed E-state index contributed by atoms with van der Waals surface area (Å²) < 4.78 is 0. The molecule has 2 rings (SSSR count). The lowest BCUT2D eigenvalue weighted by molar-refractivity contribution is 0.924. The van der Waals surface area contributed by atoms with Crippen molar-refractivity contribution in [1.29, 1.82) is 0 Å². The molecule has 1 aliphatic rings. The lowest BCUT2D eigenvalue weighted by Gasteiger charge is -1.98. The first-order valence-corrected chi connectivity index (χ1v) is 4.76. The molecule has 0 bridgehead atoms. The van der Waals surface area contributed by atoms with E-state index in [-0.39, 0.29) is 12.4 Å². The largest absolute Gasteiger partial charge is 0.327 e. The molecule has 2 unspecified atom stereocenters. The first-order chi connectivity index (χ1) is 6.27. The summed E-state index contributed by atoms with van der Waals surface area (Å²) >= 11 is 0. The predicted octanol–water partition coefficient (Wildman–Crippen LogP) is 2.86. The summed E-state index contributed by atoms with van der Waals surface area (Å²) in [5, 5.41) is 0. The van der Waals surface area contributed by atoms with Gasteiger partial charge in [-0.15, -0.1) is 12.4 Å². The van der Waals surface area contributed by atoms with Gasteiger partial charge in [-0.1, -0.05) is 42.0 Å². The average molecular weight is 210 g/mol. The molecule has 1 saturated carbocycles. The molecule has 1 aromatic carbocycles. The molecule has 0 saturated heterocycles. The van der Waals surface area contributed by atoms with Crippen LogP contribution < -0.4 is 5.73 Å². The van der Waals surface area contributed by atoms with Gasteiger partial charge in [-0.05, 0) is 24.8 Å². The second-order valence-electron chi connectivity index (χ2n) is 3.81. The summed E-state index contributed by atoms with van der Waals surface area (Å²) in [4.78, 5) is 0. The number of hydrogen-bond donors (Lipinski definition) is 1. The molecule has 0 spiro atoms. The van der Waals surface area contributed by atoms with Crippen molar-refractivity contribution in [3.05, 3.63) is 41.5 Å². The summed E-state index contributed by atoms with van der Waals surface area (Å²) in [5.74, 6) is 0.639. The Morgan fingerprint density at radius 1 is 1.36 bits per heavy atom. The van der Waals surface area contributed by atoms with Crippen LogP contribution in [0.15, 0.2) is 35.9 Å². The van der Waals surface area contributed by atoms with Crippen LogP contribution >= 0.6 is 12.4 Å². The van der Waals surface area contributed by atoms with Gasteiger partial charge in [0, 0.05) is 6.04 Å². The average Bonchev–Trinajstić information content (AvgIpc) is 2.84. The molecule has 2 atom stereocenters. The minimum atomic E-state index is 0. The maximum Gasteiger partial charge on any atom is 0.0111 e. The van der Waals surface area contributed by atoms with Crippen LogP contribution in [0.3, 0.4) is 0 Å². The minimum absolute atomic E-state index is 0. The number of hydrogen-bond acceptors (Lipinski definition) is 1. The standard InChI is InChI=1S/C12H15N.ClH/c1-9(11-8-12(11)13)7-10-5-3-2-4-6-10;/h2-7,11-12H,8,13H2,1H3;1H. The molecule has 1 fully saturated rings. The molecule has 1 aliphatic carbocycles. The lowest BCUT2D eigenvalue weighted by Crippen LogP contribution is -2.02. The van der Waals surface area contributed by atoms with Gasteiger partial charge >= 0.3 is 0 Å². The highest BCUT2D eigenvalue weighted by molar-refractivity contribution is 5.85. The smallest absolute Gasteiger partial charge is 0.0111 e. The van der Waals surface area contributed by atoms with Crippen molar-refractivity contribution < 1.29 is 0 Å². The van der Waals surface area contributed by atoms with Crippen molar-refractivity contribution in [2.75, 3.05) is 0 Å². The first-order valence-electron chi connectivity index (χ1n) is 4.76. The van der Waals surface area contributed by atoms with E-state index >= 15 is 0 Å². The van der Waals surface area contributed by atoms with E-state index in [0.717, 1.165) is 6.42 Å². The fourth-order valence-electron chi connectivity index (χ4n) is 1.66. The van der Waals surface area contributed by atoms with Crippen LogP contribution in [0.25, 0.3) is 6.08 Å². The van der Waals surface area contributed by atoms with E-state index in [1.54, 1.807) is 0 Å². The van der Waals surface area contributed by atoms with E-state index < -0.39 is 0 Å². The van der Waals surface area contributed by atoms with Crippen LogP contribution in [0.4, 0.5) is 0 Å². The van der Waals surface area contributed by atoms with Crippen molar-refractivity contribution >= 4 is 18.5 Å². The van der Waals surface area contributed by atoms with Crippen LogP contribution in [0.5, 0.6) is 0 Å². The SMILES string of the molecule is CC(=Cc1ccccc1)C1CC1N.Cl. The lowest BCUT2D eigenvalue weighted by atomic mass is 10.1. The van der Waals surface area contributed by atoms with Gasteiger partial charge in [0.25, 0.3) is 0 Å². The van der Waals surface area contributed by atoms with Gasteiger partial charge in [-0.3, -0.25) is 0 Å². The molecule has 76 valence electrons. The monoisotopic (exact) mass is 209 g/mol. The van der Waals surface area contributed by atoms with Crippen molar-refractivity contribution in [2.45, 2.75) is 19.4 Å². The Balaban J connectivity index is 0.000000980. The zero-order valence-electron chi connectivity index (χ0n) is 8.31. The Morgan fingerprint density at radius 2 is 1.93 bits per heavy atom. The minimum Gasteiger partial charge on any atom is -0.327 e. The molecule has 1 aromatic rings. The maximum atomic E-state index is 5.78. The Morgan fingerprint density at radius 3 is 2.43 bits per heavy atom. The van der Waals surface area contributed by atoms with Gasteiger partial charge in [-0.2, -0.15) is 0 Å². The molecule has 2 N–H and O–H groups in total. The number of nitrogens with two attached hydrogens (primary N) is 1. The van der Waals surface area contributed by atoms with Crippen LogP contribution in [-0.2, 0) is 0 Å². The maximum absolute atomic E-state index is 5.78. The second kappa shape index (κ2) is 4.63. The number of rotatable bonds is 2. The molecular weight excluding hydrogens is 194 g/mol. The Hall–Kier alpha value is -0.790. The van der Waals surface area contributed by atoms with Gasteiger partial charge in [0.05, 0.1) is 0 Å². The summed E-state index contributed by atoms with van der Waals surface area (Å²) in [6.07, 6.45) is 3.40. The highest BCUT2D eigenvalue weighted by atomic mass is 35.5.